The van der Waals surface area contributed by atoms with Crippen molar-refractivity contribution < 1.29 is 19.0 Å². The molecule has 3 aromatic rings. The second-order valence-electron chi connectivity index (χ2n) is 7.68. The molecule has 2 aromatic carbocycles. The molecule has 35 heavy (non-hydrogen) atoms. The van der Waals surface area contributed by atoms with Crippen LogP contribution >= 0.6 is 11.3 Å². The van der Waals surface area contributed by atoms with E-state index >= 15 is 0 Å². The van der Waals surface area contributed by atoms with Gasteiger partial charge in [0.2, 0.25) is 0 Å². The quantitative estimate of drug-likeness (QED) is 0.474. The first-order chi connectivity index (χ1) is 17.0. The monoisotopic (exact) mass is 490 g/mol. The van der Waals surface area contributed by atoms with Crippen molar-refractivity contribution in [2.75, 3.05) is 20.8 Å². The number of fused-ring (bicyclic) bond motifs is 1. The topological polar surface area (TPSA) is 79.1 Å². The van der Waals surface area contributed by atoms with E-state index in [1.165, 1.54) is 23.0 Å². The number of thiazole rings is 1. The molecule has 0 bridgehead atoms. The maximum Gasteiger partial charge on any atom is 0.338 e. The average Bonchev–Trinajstić information content (AvgIpc) is 3.17. The van der Waals surface area contributed by atoms with Crippen molar-refractivity contribution in [1.29, 1.82) is 0 Å². The van der Waals surface area contributed by atoms with Gasteiger partial charge in [-0.15, -0.1) is 0 Å². The summed E-state index contributed by atoms with van der Waals surface area (Å²) in [4.78, 5) is 31.8. The Balaban J connectivity index is 1.93. The number of carbonyl (C=O) groups is 1. The minimum atomic E-state index is -0.782. The van der Waals surface area contributed by atoms with Crippen molar-refractivity contribution in [2.45, 2.75) is 19.9 Å². The highest BCUT2D eigenvalue weighted by Crippen LogP contribution is 2.40. The summed E-state index contributed by atoms with van der Waals surface area (Å²) in [6.45, 7) is 3.69. The summed E-state index contributed by atoms with van der Waals surface area (Å²) < 4.78 is 18.5. The Morgan fingerprint density at radius 3 is 2.57 bits per heavy atom. The third kappa shape index (κ3) is 4.70. The molecule has 0 N–H and O–H groups in total. The minimum absolute atomic E-state index is 0.201. The Kier molecular flexibility index (Phi) is 7.31. The predicted molar refractivity (Wildman–Crippen MR) is 136 cm³/mol. The zero-order chi connectivity index (χ0) is 24.9. The maximum atomic E-state index is 13.6. The summed E-state index contributed by atoms with van der Waals surface area (Å²) in [5.74, 6) is 0.410. The molecule has 0 unspecified atom stereocenters. The normalized spacial score (nSPS) is 15.7. The fourth-order valence-corrected chi connectivity index (χ4v) is 5.04. The minimum Gasteiger partial charge on any atom is -0.493 e. The number of hydrogen-bond donors (Lipinski definition) is 0. The highest BCUT2D eigenvalue weighted by molar-refractivity contribution is 7.07. The first-order valence-corrected chi connectivity index (χ1v) is 11.9. The van der Waals surface area contributed by atoms with Crippen LogP contribution in [-0.4, -0.2) is 31.4 Å². The Hall–Kier alpha value is -3.91. The van der Waals surface area contributed by atoms with Gasteiger partial charge in [0.15, 0.2) is 16.3 Å². The first-order valence-electron chi connectivity index (χ1n) is 11.1. The van der Waals surface area contributed by atoms with Crippen LogP contribution in [0.3, 0.4) is 0 Å². The number of esters is 1. The molecule has 4 rings (SSSR count). The molecular weight excluding hydrogens is 464 g/mol. The summed E-state index contributed by atoms with van der Waals surface area (Å²) in [6, 6.07) is 14.4. The summed E-state index contributed by atoms with van der Waals surface area (Å²) in [6.07, 6.45) is 5.53. The van der Waals surface area contributed by atoms with Crippen molar-refractivity contribution >= 4 is 29.5 Å². The fourth-order valence-electron chi connectivity index (χ4n) is 4.04. The molecule has 0 fully saturated rings. The number of carbonyl (C=O) groups excluding carboxylic acids is 1. The van der Waals surface area contributed by atoms with E-state index in [9.17, 15) is 9.59 Å². The van der Waals surface area contributed by atoms with Crippen LogP contribution in [0, 0.1) is 0 Å². The molecular formula is C27H26N2O5S. The van der Waals surface area contributed by atoms with Crippen LogP contribution < -0.4 is 24.4 Å². The Morgan fingerprint density at radius 1 is 1.11 bits per heavy atom. The number of para-hydroxylation sites is 1. The van der Waals surface area contributed by atoms with E-state index in [0.29, 0.717) is 32.1 Å². The lowest BCUT2D eigenvalue weighted by Gasteiger charge is -2.26. The van der Waals surface area contributed by atoms with Crippen LogP contribution in [0.5, 0.6) is 11.5 Å². The molecule has 0 amide bonds. The van der Waals surface area contributed by atoms with Gasteiger partial charge in [0.25, 0.3) is 5.56 Å². The van der Waals surface area contributed by atoms with Crippen LogP contribution in [-0.2, 0) is 9.53 Å². The zero-order valence-electron chi connectivity index (χ0n) is 20.0. The predicted octanol–water partition coefficient (Wildman–Crippen LogP) is 3.48. The van der Waals surface area contributed by atoms with Gasteiger partial charge in [-0.2, -0.15) is 0 Å². The molecule has 180 valence electrons. The second-order valence-corrected chi connectivity index (χ2v) is 8.69. The summed E-state index contributed by atoms with van der Waals surface area (Å²) >= 11 is 1.27. The number of allylic oxidation sites excluding steroid dienone is 2. The molecule has 8 heteroatoms. The molecule has 1 atom stereocenters. The lowest BCUT2D eigenvalue weighted by Crippen LogP contribution is -2.40. The average molecular weight is 491 g/mol. The smallest absolute Gasteiger partial charge is 0.338 e. The van der Waals surface area contributed by atoms with Crippen molar-refractivity contribution in [3.05, 3.63) is 96.7 Å². The van der Waals surface area contributed by atoms with Crippen molar-refractivity contribution in [3.63, 3.8) is 0 Å². The largest absolute Gasteiger partial charge is 0.493 e. The number of nitrogens with zero attached hydrogens (tertiary/aromatic N) is 2. The molecule has 2 heterocycles. The number of ether oxygens (including phenoxy) is 3. The van der Waals surface area contributed by atoms with Crippen LogP contribution in [0.4, 0.5) is 0 Å². The van der Waals surface area contributed by atoms with Crippen LogP contribution in [0.15, 0.2) is 75.7 Å². The Morgan fingerprint density at radius 2 is 1.89 bits per heavy atom. The summed E-state index contributed by atoms with van der Waals surface area (Å²) in [5, 5.41) is 0. The lowest BCUT2D eigenvalue weighted by atomic mass is 9.94. The van der Waals surface area contributed by atoms with Gasteiger partial charge in [-0.3, -0.25) is 9.36 Å². The first kappa shape index (κ1) is 24.2. The van der Waals surface area contributed by atoms with Gasteiger partial charge in [-0.1, -0.05) is 66.0 Å². The van der Waals surface area contributed by atoms with Gasteiger partial charge in [0.05, 0.1) is 36.6 Å². The van der Waals surface area contributed by atoms with E-state index in [2.05, 4.69) is 4.99 Å². The zero-order valence-corrected chi connectivity index (χ0v) is 20.8. The number of hydrogen-bond acceptors (Lipinski definition) is 7. The Bertz CT molecular complexity index is 1480. The number of rotatable bonds is 7. The molecule has 0 saturated heterocycles. The van der Waals surface area contributed by atoms with E-state index in [0.717, 1.165) is 5.56 Å². The summed E-state index contributed by atoms with van der Waals surface area (Å²) in [7, 11) is 3.07. The number of aromatic nitrogens is 1. The van der Waals surface area contributed by atoms with Gasteiger partial charge in [-0.05, 0) is 31.6 Å². The van der Waals surface area contributed by atoms with E-state index in [1.807, 2.05) is 48.6 Å². The molecule has 7 nitrogen and oxygen atoms in total. The summed E-state index contributed by atoms with van der Waals surface area (Å²) in [5.41, 5.74) is 2.16. The molecule has 0 saturated carbocycles. The molecule has 1 aliphatic rings. The van der Waals surface area contributed by atoms with E-state index in [1.54, 1.807) is 39.2 Å². The maximum absolute atomic E-state index is 13.6. The van der Waals surface area contributed by atoms with E-state index < -0.39 is 12.0 Å². The SMILES string of the molecule is CCOC(=O)C1=C(C)N=c2s/c(=C\C=C\c3ccccc3)c(=O)n2[C@@H]1c1cccc(OC)c1OC. The van der Waals surface area contributed by atoms with Crippen LogP contribution in [0.25, 0.3) is 12.2 Å². The van der Waals surface area contributed by atoms with Crippen molar-refractivity contribution in [3.8, 4) is 11.5 Å². The Labute approximate surface area is 206 Å². The van der Waals surface area contributed by atoms with Crippen LogP contribution in [0.2, 0.25) is 0 Å². The fraction of sp³-hybridized carbons (Fsp3) is 0.222. The van der Waals surface area contributed by atoms with Gasteiger partial charge < -0.3 is 14.2 Å². The van der Waals surface area contributed by atoms with Gasteiger partial charge in [0, 0.05) is 5.56 Å². The van der Waals surface area contributed by atoms with E-state index in [4.69, 9.17) is 14.2 Å². The van der Waals surface area contributed by atoms with Crippen molar-refractivity contribution in [1.82, 2.24) is 4.57 Å². The number of methoxy groups -OCH3 is 2. The molecule has 0 aliphatic carbocycles. The molecule has 0 radical (unpaired) electrons. The third-order valence-electron chi connectivity index (χ3n) is 5.58. The second kappa shape index (κ2) is 10.6. The van der Waals surface area contributed by atoms with Gasteiger partial charge in [0.1, 0.15) is 6.04 Å². The molecule has 0 spiro atoms. The van der Waals surface area contributed by atoms with Crippen molar-refractivity contribution in [2.24, 2.45) is 4.99 Å². The highest BCUT2D eigenvalue weighted by atomic mass is 32.1. The number of benzene rings is 2. The van der Waals surface area contributed by atoms with Gasteiger partial charge >= 0.3 is 5.97 Å². The van der Waals surface area contributed by atoms with E-state index in [-0.39, 0.29) is 17.7 Å². The molecule has 1 aliphatic heterocycles. The molecule has 1 aromatic heterocycles. The van der Waals surface area contributed by atoms with Gasteiger partial charge in [-0.25, -0.2) is 9.79 Å². The lowest BCUT2D eigenvalue weighted by molar-refractivity contribution is -0.139. The van der Waals surface area contributed by atoms with Crippen LogP contribution in [0.1, 0.15) is 31.0 Å². The highest BCUT2D eigenvalue weighted by Gasteiger charge is 2.35. The standard InChI is InChI=1S/C27H26N2O5S/c1-5-34-26(31)22-17(2)28-27-29(23(22)19-14-10-15-20(32-3)24(19)33-4)25(30)21(35-27)16-9-13-18-11-7-6-8-12-18/h6-16,23H,5H2,1-4H3/b13-9+,21-16-/t23-/m1/s1. The third-order valence-corrected chi connectivity index (χ3v) is 6.58.